The first-order chi connectivity index (χ1) is 8.69. The molecule has 0 unspecified atom stereocenters. The van der Waals surface area contributed by atoms with Gasteiger partial charge < -0.3 is 10.1 Å². The largest absolute Gasteiger partial charge is 0.488 e. The molecule has 18 heavy (non-hydrogen) atoms. The summed E-state index contributed by atoms with van der Waals surface area (Å²) in [6, 6.07) is 5.65. The third-order valence-electron chi connectivity index (χ3n) is 2.40. The van der Waals surface area contributed by atoms with Crippen LogP contribution in [0.4, 0.5) is 5.13 Å². The van der Waals surface area contributed by atoms with Gasteiger partial charge in [0.2, 0.25) is 0 Å². The minimum atomic E-state index is 0.518. The second kappa shape index (κ2) is 6.07. The molecule has 0 saturated carbocycles. The number of nitrogens with one attached hydrogen (secondary N) is 1. The maximum absolute atomic E-state index is 5.94. The fraction of sp³-hybridized carbons (Fsp3) is 0.308. The molecule has 3 nitrogen and oxygen atoms in total. The zero-order valence-corrected chi connectivity index (χ0v) is 11.9. The monoisotopic (exact) mass is 282 g/mol. The van der Waals surface area contributed by atoms with Crippen molar-refractivity contribution in [2.45, 2.75) is 20.5 Å². The van der Waals surface area contributed by atoms with E-state index in [0.717, 1.165) is 27.9 Å². The van der Waals surface area contributed by atoms with E-state index in [1.807, 2.05) is 38.2 Å². The van der Waals surface area contributed by atoms with Crippen molar-refractivity contribution in [1.29, 1.82) is 0 Å². The molecular weight excluding hydrogens is 268 g/mol. The summed E-state index contributed by atoms with van der Waals surface area (Å²) in [5.41, 5.74) is 1.08. The van der Waals surface area contributed by atoms with E-state index in [0.29, 0.717) is 11.6 Å². The summed E-state index contributed by atoms with van der Waals surface area (Å²) in [4.78, 5) is 5.35. The van der Waals surface area contributed by atoms with Crippen LogP contribution in [0.25, 0.3) is 0 Å². The first kappa shape index (κ1) is 13.2. The summed E-state index contributed by atoms with van der Waals surface area (Å²) in [6.45, 7) is 5.45. The Balaban J connectivity index is 1.99. The highest BCUT2D eigenvalue weighted by Crippen LogP contribution is 2.25. The van der Waals surface area contributed by atoms with Gasteiger partial charge in [-0.1, -0.05) is 29.0 Å². The van der Waals surface area contributed by atoms with Crippen LogP contribution in [-0.4, -0.2) is 11.5 Å². The van der Waals surface area contributed by atoms with E-state index < -0.39 is 0 Å². The van der Waals surface area contributed by atoms with Gasteiger partial charge >= 0.3 is 0 Å². The summed E-state index contributed by atoms with van der Waals surface area (Å²) >= 11 is 7.55. The van der Waals surface area contributed by atoms with E-state index in [-0.39, 0.29) is 0 Å². The number of halogens is 1. The number of rotatable bonds is 5. The average Bonchev–Trinajstić information content (AvgIpc) is 2.79. The van der Waals surface area contributed by atoms with Crippen LogP contribution in [0.2, 0.25) is 5.02 Å². The molecule has 1 aromatic carbocycles. The van der Waals surface area contributed by atoms with Crippen LogP contribution in [0.1, 0.15) is 17.4 Å². The normalized spacial score (nSPS) is 10.4. The molecule has 0 amide bonds. The molecule has 96 valence electrons. The van der Waals surface area contributed by atoms with E-state index in [9.17, 15) is 0 Å². The van der Waals surface area contributed by atoms with E-state index in [4.69, 9.17) is 16.3 Å². The maximum atomic E-state index is 5.94. The standard InChI is InChI=1S/C13H15ClN2OS/c1-3-15-13-16-7-11(18-13)8-17-12-6-10(14)5-4-9(12)2/h4-7H,3,8H2,1-2H3,(H,15,16). The lowest BCUT2D eigenvalue weighted by Gasteiger charge is -2.07. The number of hydrogen-bond donors (Lipinski definition) is 1. The number of aromatic nitrogens is 1. The first-order valence-electron chi connectivity index (χ1n) is 5.76. The topological polar surface area (TPSA) is 34.2 Å². The minimum Gasteiger partial charge on any atom is -0.488 e. The molecule has 0 aliphatic heterocycles. The molecule has 0 aliphatic rings. The number of aryl methyl sites for hydroxylation is 1. The van der Waals surface area contributed by atoms with Gasteiger partial charge in [0.25, 0.3) is 0 Å². The van der Waals surface area contributed by atoms with Gasteiger partial charge in [-0.15, -0.1) is 0 Å². The second-order valence-corrected chi connectivity index (χ2v) is 5.41. The van der Waals surface area contributed by atoms with E-state index >= 15 is 0 Å². The van der Waals surface area contributed by atoms with Crippen molar-refractivity contribution >= 4 is 28.1 Å². The Labute approximate surface area is 116 Å². The average molecular weight is 283 g/mol. The molecule has 0 radical (unpaired) electrons. The van der Waals surface area contributed by atoms with Crippen molar-refractivity contribution in [3.63, 3.8) is 0 Å². The van der Waals surface area contributed by atoms with Crippen LogP contribution >= 0.6 is 22.9 Å². The number of benzene rings is 1. The lowest BCUT2D eigenvalue weighted by Crippen LogP contribution is -1.95. The van der Waals surface area contributed by atoms with Crippen LogP contribution in [-0.2, 0) is 6.61 Å². The van der Waals surface area contributed by atoms with Crippen LogP contribution < -0.4 is 10.1 Å². The van der Waals surface area contributed by atoms with Crippen molar-refractivity contribution in [2.24, 2.45) is 0 Å². The van der Waals surface area contributed by atoms with E-state index in [1.165, 1.54) is 0 Å². The zero-order chi connectivity index (χ0) is 13.0. The predicted molar refractivity (Wildman–Crippen MR) is 76.8 cm³/mol. The minimum absolute atomic E-state index is 0.518. The van der Waals surface area contributed by atoms with Gasteiger partial charge in [-0.05, 0) is 31.5 Å². The summed E-state index contributed by atoms with van der Waals surface area (Å²) in [7, 11) is 0. The Kier molecular flexibility index (Phi) is 4.44. The quantitative estimate of drug-likeness (QED) is 0.896. The second-order valence-electron chi connectivity index (χ2n) is 3.86. The Hall–Kier alpha value is -1.26. The smallest absolute Gasteiger partial charge is 0.182 e. The number of thiazole rings is 1. The molecule has 0 aliphatic carbocycles. The highest BCUT2D eigenvalue weighted by Gasteiger charge is 2.04. The molecule has 1 heterocycles. The van der Waals surface area contributed by atoms with Crippen LogP contribution in [0, 0.1) is 6.92 Å². The van der Waals surface area contributed by atoms with Crippen molar-refractivity contribution < 1.29 is 4.74 Å². The molecule has 2 rings (SSSR count). The van der Waals surface area contributed by atoms with Crippen LogP contribution in [0.5, 0.6) is 5.75 Å². The van der Waals surface area contributed by atoms with Crippen molar-refractivity contribution in [2.75, 3.05) is 11.9 Å². The Bertz CT molecular complexity index is 527. The van der Waals surface area contributed by atoms with Gasteiger partial charge in [-0.3, -0.25) is 0 Å². The Morgan fingerprint density at radius 3 is 3.06 bits per heavy atom. The van der Waals surface area contributed by atoms with Crippen molar-refractivity contribution in [3.8, 4) is 5.75 Å². The zero-order valence-electron chi connectivity index (χ0n) is 10.4. The molecule has 0 spiro atoms. The molecule has 1 aromatic heterocycles. The number of nitrogens with zero attached hydrogens (tertiary/aromatic N) is 1. The van der Waals surface area contributed by atoms with Gasteiger partial charge in [0.05, 0.1) is 4.88 Å². The number of ether oxygens (including phenoxy) is 1. The van der Waals surface area contributed by atoms with E-state index in [1.54, 1.807) is 11.3 Å². The van der Waals surface area contributed by atoms with Crippen molar-refractivity contribution in [3.05, 3.63) is 39.9 Å². The fourth-order valence-corrected chi connectivity index (χ4v) is 2.44. The third-order valence-corrected chi connectivity index (χ3v) is 3.57. The SMILES string of the molecule is CCNc1ncc(COc2cc(Cl)ccc2C)s1. The van der Waals surface area contributed by atoms with Gasteiger partial charge in [-0.25, -0.2) is 4.98 Å². The molecule has 1 N–H and O–H groups in total. The molecule has 0 atom stereocenters. The van der Waals surface area contributed by atoms with Gasteiger partial charge in [0.15, 0.2) is 5.13 Å². The van der Waals surface area contributed by atoms with E-state index in [2.05, 4.69) is 10.3 Å². The highest BCUT2D eigenvalue weighted by molar-refractivity contribution is 7.15. The summed E-state index contributed by atoms with van der Waals surface area (Å²) in [5, 5.41) is 4.80. The summed E-state index contributed by atoms with van der Waals surface area (Å²) in [5.74, 6) is 0.820. The van der Waals surface area contributed by atoms with Crippen molar-refractivity contribution in [1.82, 2.24) is 4.98 Å². The first-order valence-corrected chi connectivity index (χ1v) is 6.96. The molecule has 0 bridgehead atoms. The predicted octanol–water partition coefficient (Wildman–Crippen LogP) is 4.12. The molecular formula is C13H15ClN2OS. The lowest BCUT2D eigenvalue weighted by molar-refractivity contribution is 0.307. The van der Waals surface area contributed by atoms with Gasteiger partial charge in [-0.2, -0.15) is 0 Å². The number of anilines is 1. The summed E-state index contributed by atoms with van der Waals surface area (Å²) in [6.07, 6.45) is 1.84. The highest BCUT2D eigenvalue weighted by atomic mass is 35.5. The van der Waals surface area contributed by atoms with Crippen LogP contribution in [0.15, 0.2) is 24.4 Å². The van der Waals surface area contributed by atoms with Gasteiger partial charge in [0, 0.05) is 17.8 Å². The Morgan fingerprint density at radius 2 is 2.28 bits per heavy atom. The fourth-order valence-electron chi connectivity index (χ4n) is 1.49. The molecule has 0 saturated heterocycles. The molecule has 0 fully saturated rings. The molecule has 5 heteroatoms. The van der Waals surface area contributed by atoms with Gasteiger partial charge in [0.1, 0.15) is 12.4 Å². The Morgan fingerprint density at radius 1 is 1.44 bits per heavy atom. The van der Waals surface area contributed by atoms with Crippen LogP contribution in [0.3, 0.4) is 0 Å². The third kappa shape index (κ3) is 3.37. The number of hydrogen-bond acceptors (Lipinski definition) is 4. The lowest BCUT2D eigenvalue weighted by atomic mass is 10.2. The summed E-state index contributed by atoms with van der Waals surface area (Å²) < 4.78 is 5.75. The maximum Gasteiger partial charge on any atom is 0.182 e. The molecule has 2 aromatic rings.